The highest BCUT2D eigenvalue weighted by atomic mass is 35.5. The van der Waals surface area contributed by atoms with Crippen LogP contribution in [0.5, 0.6) is 5.75 Å². The van der Waals surface area contributed by atoms with Crippen molar-refractivity contribution in [3.05, 3.63) is 53.3 Å². The van der Waals surface area contributed by atoms with Crippen LogP contribution in [0.2, 0.25) is 5.02 Å². The van der Waals surface area contributed by atoms with Crippen LogP contribution >= 0.6 is 11.6 Å². The minimum Gasteiger partial charge on any atom is -0.487 e. The number of pyridine rings is 1. The zero-order valence-electron chi connectivity index (χ0n) is 15.4. The van der Waals surface area contributed by atoms with E-state index >= 15 is 0 Å². The van der Waals surface area contributed by atoms with Gasteiger partial charge in [-0.05, 0) is 50.2 Å². The Bertz CT molecular complexity index is 782. The van der Waals surface area contributed by atoms with Crippen molar-refractivity contribution in [2.75, 3.05) is 18.4 Å². The predicted molar refractivity (Wildman–Crippen MR) is 103 cm³/mol. The van der Waals surface area contributed by atoms with E-state index in [1.165, 1.54) is 0 Å². The summed E-state index contributed by atoms with van der Waals surface area (Å²) in [4.78, 5) is 13.1. The van der Waals surface area contributed by atoms with E-state index < -0.39 is 12.1 Å². The molecule has 1 fully saturated rings. The Hall–Kier alpha value is -2.52. The van der Waals surface area contributed by atoms with E-state index in [9.17, 15) is 13.2 Å². The molecule has 0 unspecified atom stereocenters. The molecule has 0 saturated carbocycles. The molecule has 3 rings (SSSR count). The Kier molecular flexibility index (Phi) is 8.53. The second kappa shape index (κ2) is 10.9. The highest BCUT2D eigenvalue weighted by Gasteiger charge is 2.38. The number of hydrogen-bond donors (Lipinski definition) is 3. The lowest BCUT2D eigenvalue weighted by Gasteiger charge is -2.24. The maximum absolute atomic E-state index is 10.6. The van der Waals surface area contributed by atoms with Gasteiger partial charge in [0.1, 0.15) is 12.4 Å². The van der Waals surface area contributed by atoms with Gasteiger partial charge in [-0.15, -0.1) is 0 Å². The fourth-order valence-electron chi connectivity index (χ4n) is 2.53. The lowest BCUT2D eigenvalue weighted by atomic mass is 10.1. The number of carboxylic acids is 1. The molecule has 0 atom stereocenters. The second-order valence-corrected chi connectivity index (χ2v) is 6.69. The molecular formula is C19H21ClF3N3O3. The summed E-state index contributed by atoms with van der Waals surface area (Å²) in [7, 11) is 0. The number of benzene rings is 1. The van der Waals surface area contributed by atoms with Gasteiger partial charge in [-0.3, -0.25) is 4.98 Å². The van der Waals surface area contributed by atoms with Crippen LogP contribution in [0.25, 0.3) is 0 Å². The number of carboxylic acid groups (broad SMARTS) is 1. The molecule has 0 bridgehead atoms. The Morgan fingerprint density at radius 1 is 1.28 bits per heavy atom. The Labute approximate surface area is 171 Å². The predicted octanol–water partition coefficient (Wildman–Crippen LogP) is 4.11. The molecule has 1 aliphatic heterocycles. The topological polar surface area (TPSA) is 83.5 Å². The number of piperidine rings is 1. The number of hydrogen-bond acceptors (Lipinski definition) is 5. The molecule has 0 aliphatic carbocycles. The van der Waals surface area contributed by atoms with Crippen molar-refractivity contribution in [1.29, 1.82) is 0 Å². The Morgan fingerprint density at radius 3 is 2.55 bits per heavy atom. The van der Waals surface area contributed by atoms with Crippen molar-refractivity contribution in [1.82, 2.24) is 10.3 Å². The molecule has 1 aliphatic rings. The minimum atomic E-state index is -5.08. The van der Waals surface area contributed by atoms with Crippen molar-refractivity contribution in [2.45, 2.75) is 31.7 Å². The van der Waals surface area contributed by atoms with E-state index in [1.807, 2.05) is 30.3 Å². The van der Waals surface area contributed by atoms with Gasteiger partial charge in [-0.1, -0.05) is 17.7 Å². The quantitative estimate of drug-likeness (QED) is 0.660. The number of aromatic nitrogens is 1. The Balaban J connectivity index is 0.000000370. The largest absolute Gasteiger partial charge is 0.490 e. The second-order valence-electron chi connectivity index (χ2n) is 6.26. The summed E-state index contributed by atoms with van der Waals surface area (Å²) in [5, 5.41) is 14.7. The number of halogens is 4. The first-order valence-corrected chi connectivity index (χ1v) is 9.22. The van der Waals surface area contributed by atoms with Crippen LogP contribution in [-0.2, 0) is 11.4 Å². The van der Waals surface area contributed by atoms with Crippen molar-refractivity contribution >= 4 is 23.3 Å². The summed E-state index contributed by atoms with van der Waals surface area (Å²) in [5.74, 6) is -1.91. The molecule has 158 valence electrons. The first-order valence-electron chi connectivity index (χ1n) is 8.84. The SMILES string of the molecule is Clc1ccc(COc2cccc(NC3CCNCC3)c2)nc1.O=C(O)C(F)(F)F. The van der Waals surface area contributed by atoms with E-state index in [-0.39, 0.29) is 0 Å². The number of nitrogens with zero attached hydrogens (tertiary/aromatic N) is 1. The average molecular weight is 432 g/mol. The summed E-state index contributed by atoms with van der Waals surface area (Å²) < 4.78 is 37.5. The van der Waals surface area contributed by atoms with Gasteiger partial charge >= 0.3 is 12.1 Å². The number of ether oxygens (including phenoxy) is 1. The van der Waals surface area contributed by atoms with Crippen LogP contribution < -0.4 is 15.4 Å². The zero-order chi connectivity index (χ0) is 21.3. The van der Waals surface area contributed by atoms with Gasteiger partial charge in [0, 0.05) is 24.0 Å². The van der Waals surface area contributed by atoms with Gasteiger partial charge in [0.25, 0.3) is 0 Å². The average Bonchev–Trinajstić information content (AvgIpc) is 2.68. The normalized spacial score (nSPS) is 14.5. The molecule has 1 aromatic carbocycles. The van der Waals surface area contributed by atoms with Gasteiger partial charge in [0.15, 0.2) is 0 Å². The Morgan fingerprint density at radius 2 is 1.97 bits per heavy atom. The van der Waals surface area contributed by atoms with Crippen LogP contribution in [0.3, 0.4) is 0 Å². The van der Waals surface area contributed by atoms with E-state index in [2.05, 4.69) is 21.7 Å². The standard InChI is InChI=1S/C17H20ClN3O.C2HF3O2/c18-13-4-5-16(20-11-13)12-22-17-3-1-2-15(10-17)21-14-6-8-19-9-7-14;3-2(4,5)1(6)7/h1-5,10-11,14,19,21H,6-9,12H2;(H,6,7). The smallest absolute Gasteiger partial charge is 0.487 e. The van der Waals surface area contributed by atoms with Gasteiger partial charge < -0.3 is 20.5 Å². The molecule has 0 amide bonds. The van der Waals surface area contributed by atoms with E-state index in [1.54, 1.807) is 6.20 Å². The fourth-order valence-corrected chi connectivity index (χ4v) is 2.64. The van der Waals surface area contributed by atoms with Crippen molar-refractivity contribution in [2.24, 2.45) is 0 Å². The zero-order valence-corrected chi connectivity index (χ0v) is 16.1. The maximum atomic E-state index is 10.6. The highest BCUT2D eigenvalue weighted by Crippen LogP contribution is 2.21. The summed E-state index contributed by atoms with van der Waals surface area (Å²) in [5.41, 5.74) is 1.97. The monoisotopic (exact) mass is 431 g/mol. The third kappa shape index (κ3) is 8.57. The van der Waals surface area contributed by atoms with E-state index in [0.717, 1.165) is 43.1 Å². The molecule has 3 N–H and O–H groups in total. The van der Waals surface area contributed by atoms with Gasteiger partial charge in [0.05, 0.1) is 10.7 Å². The van der Waals surface area contributed by atoms with Crippen LogP contribution in [0.1, 0.15) is 18.5 Å². The van der Waals surface area contributed by atoms with Crippen LogP contribution in [0.15, 0.2) is 42.6 Å². The van der Waals surface area contributed by atoms with Crippen molar-refractivity contribution in [3.8, 4) is 5.75 Å². The molecule has 0 radical (unpaired) electrons. The number of anilines is 1. The molecule has 0 spiro atoms. The van der Waals surface area contributed by atoms with Gasteiger partial charge in [-0.2, -0.15) is 13.2 Å². The van der Waals surface area contributed by atoms with Gasteiger partial charge in [-0.25, -0.2) is 4.79 Å². The van der Waals surface area contributed by atoms with Crippen LogP contribution in [0.4, 0.5) is 18.9 Å². The van der Waals surface area contributed by atoms with E-state index in [0.29, 0.717) is 17.7 Å². The van der Waals surface area contributed by atoms with E-state index in [4.69, 9.17) is 26.2 Å². The third-order valence-electron chi connectivity index (χ3n) is 3.96. The van der Waals surface area contributed by atoms with Crippen molar-refractivity contribution in [3.63, 3.8) is 0 Å². The lowest BCUT2D eigenvalue weighted by Crippen LogP contribution is -2.35. The summed E-state index contributed by atoms with van der Waals surface area (Å²) in [6.07, 6.45) is -1.14. The molecule has 10 heteroatoms. The number of alkyl halides is 3. The summed E-state index contributed by atoms with van der Waals surface area (Å²) >= 11 is 5.83. The fraction of sp³-hybridized carbons (Fsp3) is 0.368. The number of nitrogens with one attached hydrogen (secondary N) is 2. The van der Waals surface area contributed by atoms with Crippen LogP contribution in [0, 0.1) is 0 Å². The number of carbonyl (C=O) groups is 1. The first-order chi connectivity index (χ1) is 13.7. The molecule has 29 heavy (non-hydrogen) atoms. The number of aliphatic carboxylic acids is 1. The summed E-state index contributed by atoms with van der Waals surface area (Å²) in [6.45, 7) is 2.60. The molecule has 1 aromatic heterocycles. The first kappa shape index (κ1) is 22.8. The minimum absolute atomic E-state index is 0.438. The summed E-state index contributed by atoms with van der Waals surface area (Å²) in [6, 6.07) is 12.3. The third-order valence-corrected chi connectivity index (χ3v) is 4.19. The van der Waals surface area contributed by atoms with Crippen molar-refractivity contribution < 1.29 is 27.8 Å². The molecule has 2 heterocycles. The van der Waals surface area contributed by atoms with Gasteiger partial charge in [0.2, 0.25) is 0 Å². The number of rotatable bonds is 5. The molecule has 6 nitrogen and oxygen atoms in total. The molecular weight excluding hydrogens is 411 g/mol. The molecule has 2 aromatic rings. The highest BCUT2D eigenvalue weighted by molar-refractivity contribution is 6.30. The maximum Gasteiger partial charge on any atom is 0.490 e. The molecule has 1 saturated heterocycles. The lowest BCUT2D eigenvalue weighted by molar-refractivity contribution is -0.192. The van der Waals surface area contributed by atoms with Crippen LogP contribution in [-0.4, -0.2) is 41.4 Å².